The molecule has 0 spiro atoms. The van der Waals surface area contributed by atoms with Crippen molar-refractivity contribution in [3.63, 3.8) is 0 Å². The molecule has 0 saturated heterocycles. The second kappa shape index (κ2) is 6.91. The molecule has 116 valence electrons. The first-order valence-corrected chi connectivity index (χ1v) is 6.70. The zero-order valence-corrected chi connectivity index (χ0v) is 12.4. The molecular formula is C16H17NO5. The van der Waals surface area contributed by atoms with Crippen LogP contribution in [-0.2, 0) is 17.9 Å². The number of aryl methyl sites for hydroxylation is 1. The number of rotatable bonds is 6. The number of nitrogens with one attached hydrogen (secondary N) is 1. The van der Waals surface area contributed by atoms with Crippen molar-refractivity contribution in [1.29, 1.82) is 0 Å². The number of furan rings is 1. The van der Waals surface area contributed by atoms with Crippen LogP contribution in [0.3, 0.4) is 0 Å². The van der Waals surface area contributed by atoms with Gasteiger partial charge in [-0.15, -0.1) is 0 Å². The summed E-state index contributed by atoms with van der Waals surface area (Å²) < 4.78 is 10.3. The first kappa shape index (κ1) is 15.8. The van der Waals surface area contributed by atoms with Gasteiger partial charge in [-0.1, -0.05) is 12.1 Å². The van der Waals surface area contributed by atoms with Crippen LogP contribution in [0.2, 0.25) is 0 Å². The number of amides is 1. The molecule has 1 aromatic heterocycles. The van der Waals surface area contributed by atoms with E-state index in [-0.39, 0.29) is 18.0 Å². The molecule has 0 unspecified atom stereocenters. The Morgan fingerprint density at radius 3 is 2.73 bits per heavy atom. The summed E-state index contributed by atoms with van der Waals surface area (Å²) in [5.41, 5.74) is 1.51. The second-order valence-electron chi connectivity index (χ2n) is 4.80. The Bertz CT molecular complexity index is 690. The fourth-order valence-electron chi connectivity index (χ4n) is 2.08. The summed E-state index contributed by atoms with van der Waals surface area (Å²) in [7, 11) is 1.59. The van der Waals surface area contributed by atoms with Crippen LogP contribution in [0, 0.1) is 6.92 Å². The number of hydrogen-bond acceptors (Lipinski definition) is 4. The van der Waals surface area contributed by atoms with Crippen LogP contribution in [0.25, 0.3) is 0 Å². The topological polar surface area (TPSA) is 88.8 Å². The molecule has 0 bridgehead atoms. The minimum absolute atomic E-state index is 0.103. The molecule has 2 aromatic rings. The van der Waals surface area contributed by atoms with Crippen molar-refractivity contribution in [2.45, 2.75) is 20.1 Å². The van der Waals surface area contributed by atoms with Crippen molar-refractivity contribution in [3.05, 3.63) is 58.5 Å². The molecule has 0 aliphatic rings. The van der Waals surface area contributed by atoms with Gasteiger partial charge in [-0.3, -0.25) is 4.79 Å². The average Bonchev–Trinajstić information content (AvgIpc) is 2.87. The maximum Gasteiger partial charge on any atom is 0.339 e. The Hall–Kier alpha value is -2.60. The summed E-state index contributed by atoms with van der Waals surface area (Å²) in [6, 6.07) is 8.51. The minimum Gasteiger partial charge on any atom is -0.478 e. The largest absolute Gasteiger partial charge is 0.478 e. The molecule has 0 aliphatic carbocycles. The number of carbonyl (C=O) groups excluding carboxylic acids is 1. The number of carboxylic acids is 1. The molecule has 22 heavy (non-hydrogen) atoms. The zero-order chi connectivity index (χ0) is 16.1. The Kier molecular flexibility index (Phi) is 4.95. The summed E-state index contributed by atoms with van der Waals surface area (Å²) in [6.07, 6.45) is 0. The molecular weight excluding hydrogens is 286 g/mol. The average molecular weight is 303 g/mol. The number of carboxylic acid groups (broad SMARTS) is 1. The fourth-order valence-corrected chi connectivity index (χ4v) is 2.08. The Labute approximate surface area is 127 Å². The number of hydrogen-bond donors (Lipinski definition) is 2. The van der Waals surface area contributed by atoms with Gasteiger partial charge in [0, 0.05) is 12.7 Å². The van der Waals surface area contributed by atoms with E-state index < -0.39 is 5.97 Å². The Balaban J connectivity index is 2.02. The lowest BCUT2D eigenvalue weighted by Crippen LogP contribution is -2.22. The third kappa shape index (κ3) is 3.73. The van der Waals surface area contributed by atoms with E-state index in [9.17, 15) is 9.59 Å². The van der Waals surface area contributed by atoms with Gasteiger partial charge in [0.15, 0.2) is 0 Å². The van der Waals surface area contributed by atoms with Gasteiger partial charge in [0.1, 0.15) is 17.1 Å². The monoisotopic (exact) mass is 303 g/mol. The van der Waals surface area contributed by atoms with Crippen LogP contribution in [0.15, 0.2) is 34.7 Å². The van der Waals surface area contributed by atoms with Gasteiger partial charge < -0.3 is 19.6 Å². The van der Waals surface area contributed by atoms with Crippen LogP contribution in [-0.4, -0.2) is 24.1 Å². The van der Waals surface area contributed by atoms with E-state index in [0.29, 0.717) is 23.7 Å². The third-order valence-corrected chi connectivity index (χ3v) is 3.12. The number of ether oxygens (including phenoxy) is 1. The van der Waals surface area contributed by atoms with Gasteiger partial charge in [0.05, 0.1) is 13.2 Å². The van der Waals surface area contributed by atoms with Gasteiger partial charge in [-0.25, -0.2) is 4.79 Å². The van der Waals surface area contributed by atoms with Crippen molar-refractivity contribution in [3.8, 4) is 0 Å². The fraction of sp³-hybridized carbons (Fsp3) is 0.250. The molecule has 0 radical (unpaired) electrons. The molecule has 0 saturated carbocycles. The third-order valence-electron chi connectivity index (χ3n) is 3.12. The highest BCUT2D eigenvalue weighted by Crippen LogP contribution is 2.14. The molecule has 2 rings (SSSR count). The Morgan fingerprint density at radius 1 is 1.32 bits per heavy atom. The summed E-state index contributed by atoms with van der Waals surface area (Å²) in [4.78, 5) is 23.0. The predicted molar refractivity (Wildman–Crippen MR) is 78.7 cm³/mol. The van der Waals surface area contributed by atoms with E-state index in [0.717, 1.165) is 5.56 Å². The van der Waals surface area contributed by atoms with E-state index in [2.05, 4.69) is 5.32 Å². The second-order valence-corrected chi connectivity index (χ2v) is 4.80. The molecule has 0 fully saturated rings. The lowest BCUT2D eigenvalue weighted by Gasteiger charge is -2.05. The summed E-state index contributed by atoms with van der Waals surface area (Å²) >= 11 is 0. The van der Waals surface area contributed by atoms with Gasteiger partial charge >= 0.3 is 5.97 Å². The molecule has 1 aromatic carbocycles. The molecule has 1 heterocycles. The number of carbonyl (C=O) groups is 2. The molecule has 0 atom stereocenters. The van der Waals surface area contributed by atoms with E-state index in [1.165, 1.54) is 6.07 Å². The minimum atomic E-state index is -1.05. The van der Waals surface area contributed by atoms with Gasteiger partial charge in [0.25, 0.3) is 5.91 Å². The van der Waals surface area contributed by atoms with E-state index in [1.807, 2.05) is 6.07 Å². The van der Waals surface area contributed by atoms with Crippen LogP contribution in [0.4, 0.5) is 0 Å². The normalized spacial score (nSPS) is 10.5. The Morgan fingerprint density at radius 2 is 2.09 bits per heavy atom. The van der Waals surface area contributed by atoms with Crippen molar-refractivity contribution in [1.82, 2.24) is 5.32 Å². The standard InChI is InChI=1S/C16H17NO5/c1-10-14(16(19)20)7-13(22-10)8-17-15(18)12-5-3-4-11(6-12)9-21-2/h3-7H,8-9H2,1-2H3,(H,17,18)(H,19,20). The zero-order valence-electron chi connectivity index (χ0n) is 12.4. The summed E-state index contributed by atoms with van der Waals surface area (Å²) in [5.74, 6) is -0.592. The van der Waals surface area contributed by atoms with Crippen LogP contribution < -0.4 is 5.32 Å². The lowest BCUT2D eigenvalue weighted by molar-refractivity contribution is 0.0694. The summed E-state index contributed by atoms with van der Waals surface area (Å²) in [5, 5.41) is 11.7. The molecule has 1 amide bonds. The molecule has 6 nitrogen and oxygen atoms in total. The highest BCUT2D eigenvalue weighted by atomic mass is 16.5. The number of aromatic carboxylic acids is 1. The summed E-state index contributed by atoms with van der Waals surface area (Å²) in [6.45, 7) is 2.13. The smallest absolute Gasteiger partial charge is 0.339 e. The SMILES string of the molecule is COCc1cccc(C(=O)NCc2cc(C(=O)O)c(C)o2)c1. The quantitative estimate of drug-likeness (QED) is 0.855. The highest BCUT2D eigenvalue weighted by Gasteiger charge is 2.14. The molecule has 0 aliphatic heterocycles. The molecule has 2 N–H and O–H groups in total. The van der Waals surface area contributed by atoms with Crippen LogP contribution in [0.5, 0.6) is 0 Å². The van der Waals surface area contributed by atoms with E-state index in [1.54, 1.807) is 32.2 Å². The van der Waals surface area contributed by atoms with Crippen molar-refractivity contribution >= 4 is 11.9 Å². The van der Waals surface area contributed by atoms with Crippen molar-refractivity contribution in [2.75, 3.05) is 7.11 Å². The van der Waals surface area contributed by atoms with Crippen LogP contribution >= 0.6 is 0 Å². The highest BCUT2D eigenvalue weighted by molar-refractivity contribution is 5.94. The van der Waals surface area contributed by atoms with Gasteiger partial charge in [0.2, 0.25) is 0 Å². The van der Waals surface area contributed by atoms with Crippen LogP contribution in [0.1, 0.15) is 37.8 Å². The van der Waals surface area contributed by atoms with Gasteiger partial charge in [-0.2, -0.15) is 0 Å². The van der Waals surface area contributed by atoms with Gasteiger partial charge in [-0.05, 0) is 30.7 Å². The van der Waals surface area contributed by atoms with E-state index in [4.69, 9.17) is 14.3 Å². The van der Waals surface area contributed by atoms with E-state index >= 15 is 0 Å². The molecule has 6 heteroatoms. The maximum absolute atomic E-state index is 12.1. The lowest BCUT2D eigenvalue weighted by atomic mass is 10.1. The maximum atomic E-state index is 12.1. The van der Waals surface area contributed by atoms with Crippen molar-refractivity contribution in [2.24, 2.45) is 0 Å². The number of methoxy groups -OCH3 is 1. The first-order valence-electron chi connectivity index (χ1n) is 6.70. The first-order chi connectivity index (χ1) is 10.5. The number of benzene rings is 1. The predicted octanol–water partition coefficient (Wildman–Crippen LogP) is 2.36. The van der Waals surface area contributed by atoms with Crippen molar-refractivity contribution < 1.29 is 23.8 Å².